The van der Waals surface area contributed by atoms with Crippen LogP contribution < -0.4 is 10.9 Å². The van der Waals surface area contributed by atoms with Crippen molar-refractivity contribution in [2.75, 3.05) is 5.32 Å². The number of nitrogens with one attached hydrogen (secondary N) is 1. The highest BCUT2D eigenvalue weighted by atomic mass is 19.2. The topological polar surface area (TPSA) is 64.0 Å². The molecule has 1 aromatic heterocycles. The Balaban J connectivity index is 1.82. The van der Waals surface area contributed by atoms with E-state index >= 15 is 0 Å². The number of aryl methyl sites for hydroxylation is 1. The maximum Gasteiger partial charge on any atom is 0.267 e. The molecule has 0 bridgehead atoms. The van der Waals surface area contributed by atoms with Crippen molar-refractivity contribution in [3.05, 3.63) is 82.1 Å². The molecule has 0 atom stereocenters. The fraction of sp³-hybridized carbons (Fsp3) is 0.105. The van der Waals surface area contributed by atoms with Crippen LogP contribution in [0.25, 0.3) is 11.3 Å². The van der Waals surface area contributed by atoms with E-state index in [9.17, 15) is 18.4 Å². The molecule has 26 heavy (non-hydrogen) atoms. The SMILES string of the molecule is Cc1ccccc1-c1ccc(=O)n(CC(=O)Nc2ccc(F)c(F)c2)n1. The maximum absolute atomic E-state index is 13.2. The standard InChI is InChI=1S/C19H15F2N3O2/c1-12-4-2-3-5-14(12)17-8-9-19(26)24(23-17)11-18(25)22-13-6-7-15(20)16(21)10-13/h2-10H,11H2,1H3,(H,22,25). The van der Waals surface area contributed by atoms with Crippen molar-refractivity contribution in [1.82, 2.24) is 9.78 Å². The van der Waals surface area contributed by atoms with E-state index < -0.39 is 23.1 Å². The van der Waals surface area contributed by atoms with Crippen LogP contribution in [0.2, 0.25) is 0 Å². The summed E-state index contributed by atoms with van der Waals surface area (Å²) in [5, 5.41) is 6.64. The minimum Gasteiger partial charge on any atom is -0.324 e. The molecule has 5 nitrogen and oxygen atoms in total. The molecule has 0 aliphatic heterocycles. The van der Waals surface area contributed by atoms with Gasteiger partial charge < -0.3 is 5.32 Å². The highest BCUT2D eigenvalue weighted by Gasteiger charge is 2.10. The number of carbonyl (C=O) groups excluding carboxylic acids is 1. The van der Waals surface area contributed by atoms with E-state index in [1.807, 2.05) is 31.2 Å². The molecule has 0 aliphatic carbocycles. The number of benzene rings is 2. The molecule has 1 heterocycles. The number of aromatic nitrogens is 2. The van der Waals surface area contributed by atoms with Gasteiger partial charge in [-0.25, -0.2) is 13.5 Å². The van der Waals surface area contributed by atoms with Gasteiger partial charge in [-0.2, -0.15) is 5.10 Å². The maximum atomic E-state index is 13.2. The largest absolute Gasteiger partial charge is 0.324 e. The fourth-order valence-corrected chi connectivity index (χ4v) is 2.48. The van der Waals surface area contributed by atoms with Crippen LogP contribution in [0.3, 0.4) is 0 Å². The predicted octanol–water partition coefficient (Wildman–Crippen LogP) is 3.14. The predicted molar refractivity (Wildman–Crippen MR) is 93.7 cm³/mol. The second-order valence-corrected chi connectivity index (χ2v) is 5.71. The summed E-state index contributed by atoms with van der Waals surface area (Å²) in [6, 6.07) is 13.5. The van der Waals surface area contributed by atoms with Crippen molar-refractivity contribution in [3.63, 3.8) is 0 Å². The van der Waals surface area contributed by atoms with Gasteiger partial charge in [0.15, 0.2) is 11.6 Å². The van der Waals surface area contributed by atoms with Gasteiger partial charge >= 0.3 is 0 Å². The smallest absolute Gasteiger partial charge is 0.267 e. The molecular weight excluding hydrogens is 340 g/mol. The highest BCUT2D eigenvalue weighted by molar-refractivity contribution is 5.90. The van der Waals surface area contributed by atoms with Crippen LogP contribution in [-0.2, 0) is 11.3 Å². The van der Waals surface area contributed by atoms with Crippen molar-refractivity contribution < 1.29 is 13.6 Å². The van der Waals surface area contributed by atoms with E-state index in [0.717, 1.165) is 27.9 Å². The number of carbonyl (C=O) groups is 1. The van der Waals surface area contributed by atoms with Gasteiger partial charge in [0.25, 0.3) is 5.56 Å². The molecule has 1 amide bonds. The molecule has 3 rings (SSSR count). The molecule has 0 radical (unpaired) electrons. The molecule has 0 unspecified atom stereocenters. The molecule has 0 saturated carbocycles. The van der Waals surface area contributed by atoms with Crippen molar-refractivity contribution in [3.8, 4) is 11.3 Å². The third-order valence-electron chi connectivity index (χ3n) is 3.78. The van der Waals surface area contributed by atoms with Gasteiger partial charge in [0.2, 0.25) is 5.91 Å². The number of nitrogens with zero attached hydrogens (tertiary/aromatic N) is 2. The number of amides is 1. The Labute approximate surface area is 147 Å². The van der Waals surface area contributed by atoms with E-state index in [-0.39, 0.29) is 12.2 Å². The summed E-state index contributed by atoms with van der Waals surface area (Å²) in [5.74, 6) is -2.65. The Kier molecular flexibility index (Phi) is 4.88. The molecule has 2 aromatic carbocycles. The second-order valence-electron chi connectivity index (χ2n) is 5.71. The van der Waals surface area contributed by atoms with Gasteiger partial charge in [0.1, 0.15) is 6.54 Å². The summed E-state index contributed by atoms with van der Waals surface area (Å²) in [5.41, 5.74) is 2.04. The van der Waals surface area contributed by atoms with Gasteiger partial charge in [-0.05, 0) is 30.7 Å². The Hall–Kier alpha value is -3.35. The molecule has 3 aromatic rings. The molecule has 7 heteroatoms. The lowest BCUT2D eigenvalue weighted by Crippen LogP contribution is -2.29. The Morgan fingerprint density at radius 2 is 1.85 bits per heavy atom. The lowest BCUT2D eigenvalue weighted by Gasteiger charge is -2.09. The summed E-state index contributed by atoms with van der Waals surface area (Å²) in [6.45, 7) is 1.57. The molecule has 0 saturated heterocycles. The van der Waals surface area contributed by atoms with E-state index in [2.05, 4.69) is 10.4 Å². The summed E-state index contributed by atoms with van der Waals surface area (Å²) in [7, 11) is 0. The van der Waals surface area contributed by atoms with Crippen LogP contribution in [0, 0.1) is 18.6 Å². The van der Waals surface area contributed by atoms with Crippen LogP contribution in [0.15, 0.2) is 59.4 Å². The Morgan fingerprint density at radius 1 is 1.08 bits per heavy atom. The molecule has 1 N–H and O–H groups in total. The normalized spacial score (nSPS) is 10.6. The first-order valence-corrected chi connectivity index (χ1v) is 7.83. The van der Waals surface area contributed by atoms with Crippen molar-refractivity contribution in [2.45, 2.75) is 13.5 Å². The zero-order chi connectivity index (χ0) is 18.7. The van der Waals surface area contributed by atoms with Crippen LogP contribution >= 0.6 is 0 Å². The Bertz CT molecular complexity index is 1030. The summed E-state index contributed by atoms with van der Waals surface area (Å²) >= 11 is 0. The summed E-state index contributed by atoms with van der Waals surface area (Å²) in [6.07, 6.45) is 0. The van der Waals surface area contributed by atoms with Gasteiger partial charge in [-0.15, -0.1) is 0 Å². The molecule has 0 spiro atoms. The summed E-state index contributed by atoms with van der Waals surface area (Å²) in [4.78, 5) is 24.1. The minimum atomic E-state index is -1.07. The molecule has 132 valence electrons. The zero-order valence-electron chi connectivity index (χ0n) is 13.9. The summed E-state index contributed by atoms with van der Waals surface area (Å²) < 4.78 is 27.2. The first-order valence-electron chi connectivity index (χ1n) is 7.83. The van der Waals surface area contributed by atoms with E-state index in [0.29, 0.717) is 5.69 Å². The number of anilines is 1. The van der Waals surface area contributed by atoms with E-state index in [4.69, 9.17) is 0 Å². The van der Waals surface area contributed by atoms with Gasteiger partial charge in [0.05, 0.1) is 5.69 Å². The lowest BCUT2D eigenvalue weighted by atomic mass is 10.1. The first-order chi connectivity index (χ1) is 12.4. The van der Waals surface area contributed by atoms with Gasteiger partial charge in [-0.1, -0.05) is 24.3 Å². The van der Waals surface area contributed by atoms with E-state index in [1.165, 1.54) is 12.1 Å². The van der Waals surface area contributed by atoms with Crippen molar-refractivity contribution in [2.24, 2.45) is 0 Å². The van der Waals surface area contributed by atoms with Crippen LogP contribution in [0.5, 0.6) is 0 Å². The minimum absolute atomic E-state index is 0.0945. The van der Waals surface area contributed by atoms with Crippen molar-refractivity contribution in [1.29, 1.82) is 0 Å². The third kappa shape index (κ3) is 3.83. The lowest BCUT2D eigenvalue weighted by molar-refractivity contribution is -0.117. The monoisotopic (exact) mass is 355 g/mol. The molecular formula is C19H15F2N3O2. The molecule has 0 aliphatic rings. The first kappa shape index (κ1) is 17.5. The number of hydrogen-bond acceptors (Lipinski definition) is 3. The van der Waals surface area contributed by atoms with Crippen LogP contribution in [0.1, 0.15) is 5.56 Å². The quantitative estimate of drug-likeness (QED) is 0.782. The van der Waals surface area contributed by atoms with Crippen LogP contribution in [0.4, 0.5) is 14.5 Å². The van der Waals surface area contributed by atoms with Crippen molar-refractivity contribution >= 4 is 11.6 Å². The number of rotatable bonds is 4. The second kappa shape index (κ2) is 7.26. The average molecular weight is 355 g/mol. The number of hydrogen-bond donors (Lipinski definition) is 1. The fourth-order valence-electron chi connectivity index (χ4n) is 2.48. The zero-order valence-corrected chi connectivity index (χ0v) is 13.9. The molecule has 0 fully saturated rings. The Morgan fingerprint density at radius 3 is 2.58 bits per heavy atom. The van der Waals surface area contributed by atoms with Gasteiger partial charge in [-0.3, -0.25) is 9.59 Å². The third-order valence-corrected chi connectivity index (χ3v) is 3.78. The van der Waals surface area contributed by atoms with Crippen LogP contribution in [-0.4, -0.2) is 15.7 Å². The van der Waals surface area contributed by atoms with Gasteiger partial charge in [0, 0.05) is 23.4 Å². The highest BCUT2D eigenvalue weighted by Crippen LogP contribution is 2.19. The average Bonchev–Trinajstić information content (AvgIpc) is 2.61. The van der Waals surface area contributed by atoms with E-state index in [1.54, 1.807) is 6.07 Å². The number of halogens is 2.